The monoisotopic (exact) mass is 231 g/mol. The summed E-state index contributed by atoms with van der Waals surface area (Å²) in [7, 11) is 0. The molecule has 0 aliphatic carbocycles. The lowest BCUT2D eigenvalue weighted by molar-refractivity contribution is 0.0239. The molecule has 0 atom stereocenters. The van der Waals surface area contributed by atoms with Crippen LogP contribution in [0.5, 0.6) is 0 Å². The normalized spacial score (nSPS) is 10.6. The predicted octanol–water partition coefficient (Wildman–Crippen LogP) is 3.93. The molecule has 0 N–H and O–H groups in total. The Bertz CT molecular complexity index is 183. The van der Waals surface area contributed by atoms with E-state index in [0.717, 1.165) is 6.54 Å². The molecule has 0 bridgehead atoms. The van der Waals surface area contributed by atoms with Crippen LogP contribution in [0.1, 0.15) is 55.4 Å². The highest BCUT2D eigenvalue weighted by Crippen LogP contribution is 2.10. The Hall–Kier alpha value is -0.730. The van der Waals surface area contributed by atoms with E-state index in [9.17, 15) is 4.79 Å². The lowest BCUT2D eigenvalue weighted by Crippen LogP contribution is -2.38. The second kappa shape index (κ2) is 8.43. The number of carbonyl (C=O) groups is 1. The fourth-order valence-electron chi connectivity index (χ4n) is 1.10. The average molecular weight is 231 g/mol. The van der Waals surface area contributed by atoms with Gasteiger partial charge in [-0.1, -0.05) is 27.7 Å². The van der Waals surface area contributed by atoms with E-state index in [4.69, 9.17) is 4.74 Å². The molecule has 0 heterocycles. The smallest absolute Gasteiger partial charge is 0.410 e. The van der Waals surface area contributed by atoms with Crippen molar-refractivity contribution in [2.75, 3.05) is 13.1 Å². The van der Waals surface area contributed by atoms with E-state index in [1.54, 1.807) is 4.90 Å². The highest BCUT2D eigenvalue weighted by atomic mass is 16.6. The van der Waals surface area contributed by atoms with Crippen LogP contribution >= 0.6 is 0 Å². The molecule has 0 aromatic carbocycles. The summed E-state index contributed by atoms with van der Waals surface area (Å²) in [6, 6.07) is 0. The van der Waals surface area contributed by atoms with Gasteiger partial charge in [-0.3, -0.25) is 0 Å². The maximum absolute atomic E-state index is 11.6. The zero-order valence-corrected chi connectivity index (χ0v) is 12.3. The van der Waals surface area contributed by atoms with Gasteiger partial charge < -0.3 is 9.64 Å². The Morgan fingerprint density at radius 1 is 1.25 bits per heavy atom. The Balaban J connectivity index is 0. The summed E-state index contributed by atoms with van der Waals surface area (Å²) in [6.07, 6.45) is -0.214. The van der Waals surface area contributed by atoms with Gasteiger partial charge in [0.25, 0.3) is 0 Å². The summed E-state index contributed by atoms with van der Waals surface area (Å²) in [5.74, 6) is 0.475. The number of hydrogen-bond acceptors (Lipinski definition) is 2. The number of carbonyl (C=O) groups excluding carboxylic acids is 1. The molecule has 3 nitrogen and oxygen atoms in total. The Morgan fingerprint density at radius 3 is 1.94 bits per heavy atom. The fourth-order valence-corrected chi connectivity index (χ4v) is 1.10. The molecule has 0 aliphatic rings. The summed E-state index contributed by atoms with van der Waals surface area (Å²) >= 11 is 0. The van der Waals surface area contributed by atoms with E-state index in [2.05, 4.69) is 13.8 Å². The Labute approximate surface area is 101 Å². The minimum atomic E-state index is -0.401. The molecule has 0 unspecified atom stereocenters. The predicted molar refractivity (Wildman–Crippen MR) is 69.7 cm³/mol. The highest BCUT2D eigenvalue weighted by Gasteiger charge is 2.21. The van der Waals surface area contributed by atoms with E-state index in [1.165, 1.54) is 0 Å². The summed E-state index contributed by atoms with van der Waals surface area (Å²) in [4.78, 5) is 13.4. The zero-order valence-electron chi connectivity index (χ0n) is 12.3. The van der Waals surface area contributed by atoms with Crippen molar-refractivity contribution in [2.45, 2.75) is 61.0 Å². The average Bonchev–Trinajstić information content (AvgIpc) is 2.14. The van der Waals surface area contributed by atoms with Crippen LogP contribution in [0, 0.1) is 5.92 Å². The molecule has 0 saturated heterocycles. The van der Waals surface area contributed by atoms with Crippen molar-refractivity contribution < 1.29 is 9.53 Å². The van der Waals surface area contributed by atoms with Gasteiger partial charge in [-0.2, -0.15) is 0 Å². The molecule has 0 aromatic rings. The lowest BCUT2D eigenvalue weighted by Gasteiger charge is -2.27. The van der Waals surface area contributed by atoms with Crippen LogP contribution < -0.4 is 0 Å². The standard InChI is InChI=1S/C11H23NO2.C2H6/c1-7-12(8-9(2)3)10(13)14-11(4,5)6;1-2/h9H,7-8H2,1-6H3;1-2H3. The van der Waals surface area contributed by atoms with Crippen LogP contribution in [0.3, 0.4) is 0 Å². The lowest BCUT2D eigenvalue weighted by atomic mass is 10.2. The van der Waals surface area contributed by atoms with Gasteiger partial charge in [-0.15, -0.1) is 0 Å². The molecular weight excluding hydrogens is 202 g/mol. The van der Waals surface area contributed by atoms with Gasteiger partial charge >= 0.3 is 6.09 Å². The van der Waals surface area contributed by atoms with Crippen molar-refractivity contribution in [1.82, 2.24) is 4.90 Å². The molecule has 3 heteroatoms. The Morgan fingerprint density at radius 2 is 1.69 bits per heavy atom. The summed E-state index contributed by atoms with van der Waals surface area (Å²) < 4.78 is 5.28. The van der Waals surface area contributed by atoms with Crippen LogP contribution in [-0.2, 0) is 4.74 Å². The van der Waals surface area contributed by atoms with E-state index in [-0.39, 0.29) is 6.09 Å². The van der Waals surface area contributed by atoms with Gasteiger partial charge in [0.05, 0.1) is 0 Å². The molecule has 98 valence electrons. The number of hydrogen-bond donors (Lipinski definition) is 0. The van der Waals surface area contributed by atoms with Crippen molar-refractivity contribution >= 4 is 6.09 Å². The minimum absolute atomic E-state index is 0.214. The van der Waals surface area contributed by atoms with Gasteiger partial charge in [0.2, 0.25) is 0 Å². The van der Waals surface area contributed by atoms with Crippen molar-refractivity contribution in [2.24, 2.45) is 5.92 Å². The van der Waals surface area contributed by atoms with Crippen molar-refractivity contribution in [3.8, 4) is 0 Å². The zero-order chi connectivity index (χ0) is 13.4. The molecule has 16 heavy (non-hydrogen) atoms. The fraction of sp³-hybridized carbons (Fsp3) is 0.923. The second-order valence-corrected chi connectivity index (χ2v) is 4.91. The first-order valence-corrected chi connectivity index (χ1v) is 6.24. The molecule has 1 amide bonds. The maximum atomic E-state index is 11.6. The highest BCUT2D eigenvalue weighted by molar-refractivity contribution is 5.68. The Kier molecular flexibility index (Phi) is 9.30. The number of rotatable bonds is 3. The largest absolute Gasteiger partial charge is 0.444 e. The van der Waals surface area contributed by atoms with Gasteiger partial charge in [0.1, 0.15) is 5.60 Å². The van der Waals surface area contributed by atoms with Crippen LogP contribution in [0.2, 0.25) is 0 Å². The van der Waals surface area contributed by atoms with Crippen LogP contribution in [0.4, 0.5) is 4.79 Å². The van der Waals surface area contributed by atoms with E-state index < -0.39 is 5.60 Å². The molecule has 0 rings (SSSR count). The van der Waals surface area contributed by atoms with E-state index in [0.29, 0.717) is 12.5 Å². The van der Waals surface area contributed by atoms with Crippen molar-refractivity contribution in [3.05, 3.63) is 0 Å². The third kappa shape index (κ3) is 9.81. The van der Waals surface area contributed by atoms with Gasteiger partial charge in [-0.25, -0.2) is 4.79 Å². The number of nitrogens with zero attached hydrogens (tertiary/aromatic N) is 1. The van der Waals surface area contributed by atoms with Crippen molar-refractivity contribution in [1.29, 1.82) is 0 Å². The second-order valence-electron chi connectivity index (χ2n) is 4.91. The summed E-state index contributed by atoms with van der Waals surface area (Å²) in [5, 5.41) is 0. The third-order valence-corrected chi connectivity index (χ3v) is 1.62. The first-order chi connectivity index (χ1) is 7.26. The molecule has 0 saturated carbocycles. The van der Waals surface area contributed by atoms with E-state index >= 15 is 0 Å². The topological polar surface area (TPSA) is 29.5 Å². The first kappa shape index (κ1) is 17.7. The van der Waals surface area contributed by atoms with Gasteiger partial charge in [-0.05, 0) is 33.6 Å². The SMILES string of the molecule is CC.CCN(CC(C)C)C(=O)OC(C)(C)C. The quantitative estimate of drug-likeness (QED) is 0.736. The maximum Gasteiger partial charge on any atom is 0.410 e. The number of amides is 1. The van der Waals surface area contributed by atoms with Crippen LogP contribution in [0.15, 0.2) is 0 Å². The first-order valence-electron chi connectivity index (χ1n) is 6.24. The molecule has 0 aromatic heterocycles. The number of ether oxygens (including phenoxy) is 1. The minimum Gasteiger partial charge on any atom is -0.444 e. The molecule has 0 radical (unpaired) electrons. The van der Waals surface area contributed by atoms with Gasteiger partial charge in [0.15, 0.2) is 0 Å². The molecular formula is C13H29NO2. The molecule has 0 aliphatic heterocycles. The van der Waals surface area contributed by atoms with E-state index in [1.807, 2.05) is 41.5 Å². The van der Waals surface area contributed by atoms with Crippen LogP contribution in [-0.4, -0.2) is 29.7 Å². The summed E-state index contributed by atoms with van der Waals surface area (Å²) in [6.45, 7) is 17.3. The third-order valence-electron chi connectivity index (χ3n) is 1.62. The van der Waals surface area contributed by atoms with Gasteiger partial charge in [0, 0.05) is 13.1 Å². The molecule has 0 fully saturated rings. The van der Waals surface area contributed by atoms with Crippen LogP contribution in [0.25, 0.3) is 0 Å². The van der Waals surface area contributed by atoms with Crippen molar-refractivity contribution in [3.63, 3.8) is 0 Å². The molecule has 0 spiro atoms. The summed E-state index contributed by atoms with van der Waals surface area (Å²) in [5.41, 5.74) is -0.401.